The lowest BCUT2D eigenvalue weighted by Crippen LogP contribution is -2.30. The second-order valence-corrected chi connectivity index (χ2v) is 4.88. The maximum Gasteiger partial charge on any atom is 0.335 e. The number of nitrogens with zero attached hydrogens (tertiary/aromatic N) is 2. The van der Waals surface area contributed by atoms with Gasteiger partial charge in [-0.05, 0) is 37.1 Å². The Labute approximate surface area is 132 Å². The lowest BCUT2D eigenvalue weighted by atomic mass is 10.1. The molecule has 0 aliphatic carbocycles. The van der Waals surface area contributed by atoms with Crippen molar-refractivity contribution in [3.8, 4) is 0 Å². The largest absolute Gasteiger partial charge is 0.478 e. The summed E-state index contributed by atoms with van der Waals surface area (Å²) < 4.78 is 1.22. The standard InChI is InChI=1S/C16H17N3O4/c1-2-19-14(20)8-7-13(18-19)15(21)17-10-9-11-3-5-12(6-4-11)16(22)23/h3-8H,2,9-10H2,1H3,(H,17,21)(H,22,23). The van der Waals surface area contributed by atoms with Gasteiger partial charge in [-0.3, -0.25) is 9.59 Å². The molecule has 0 aliphatic rings. The van der Waals surface area contributed by atoms with Crippen LogP contribution in [0.1, 0.15) is 33.3 Å². The number of benzene rings is 1. The lowest BCUT2D eigenvalue weighted by Gasteiger charge is -2.07. The van der Waals surface area contributed by atoms with Crippen LogP contribution in [-0.4, -0.2) is 33.3 Å². The number of hydrogen-bond acceptors (Lipinski definition) is 4. The summed E-state index contributed by atoms with van der Waals surface area (Å²) in [4.78, 5) is 34.2. The van der Waals surface area contributed by atoms with Crippen molar-refractivity contribution in [3.05, 3.63) is 63.6 Å². The van der Waals surface area contributed by atoms with E-state index in [2.05, 4.69) is 10.4 Å². The molecule has 0 saturated heterocycles. The fraction of sp³-hybridized carbons (Fsp3) is 0.250. The Hall–Kier alpha value is -2.96. The van der Waals surface area contributed by atoms with Crippen LogP contribution < -0.4 is 10.9 Å². The van der Waals surface area contributed by atoms with Gasteiger partial charge in [-0.15, -0.1) is 0 Å². The van der Waals surface area contributed by atoms with Crippen molar-refractivity contribution >= 4 is 11.9 Å². The first-order valence-corrected chi connectivity index (χ1v) is 7.20. The van der Waals surface area contributed by atoms with Gasteiger partial charge in [0.05, 0.1) is 5.56 Å². The van der Waals surface area contributed by atoms with E-state index >= 15 is 0 Å². The Morgan fingerprint density at radius 1 is 1.17 bits per heavy atom. The molecule has 0 unspecified atom stereocenters. The van der Waals surface area contributed by atoms with Gasteiger partial charge in [0, 0.05) is 19.2 Å². The Morgan fingerprint density at radius 3 is 2.48 bits per heavy atom. The molecule has 1 aromatic carbocycles. The number of carboxylic acid groups (broad SMARTS) is 1. The van der Waals surface area contributed by atoms with Crippen LogP contribution in [-0.2, 0) is 13.0 Å². The van der Waals surface area contributed by atoms with E-state index in [9.17, 15) is 14.4 Å². The van der Waals surface area contributed by atoms with Crippen molar-refractivity contribution in [2.45, 2.75) is 19.9 Å². The molecule has 7 heteroatoms. The van der Waals surface area contributed by atoms with Crippen LogP contribution in [0.4, 0.5) is 0 Å². The van der Waals surface area contributed by atoms with Gasteiger partial charge in [-0.1, -0.05) is 12.1 Å². The van der Waals surface area contributed by atoms with Crippen LogP contribution in [0.5, 0.6) is 0 Å². The number of carboxylic acids is 1. The van der Waals surface area contributed by atoms with Crippen molar-refractivity contribution in [3.63, 3.8) is 0 Å². The summed E-state index contributed by atoms with van der Waals surface area (Å²) in [6.07, 6.45) is 0.569. The van der Waals surface area contributed by atoms with Crippen LogP contribution in [0.3, 0.4) is 0 Å². The predicted molar refractivity (Wildman–Crippen MR) is 83.6 cm³/mol. The van der Waals surface area contributed by atoms with Gasteiger partial charge in [0.15, 0.2) is 0 Å². The van der Waals surface area contributed by atoms with E-state index in [1.165, 1.54) is 28.9 Å². The molecule has 1 heterocycles. The number of aryl methyl sites for hydroxylation is 1. The molecule has 1 aromatic heterocycles. The van der Waals surface area contributed by atoms with E-state index in [1.54, 1.807) is 19.1 Å². The quantitative estimate of drug-likeness (QED) is 0.826. The molecule has 120 valence electrons. The molecule has 2 rings (SSSR count). The van der Waals surface area contributed by atoms with E-state index in [4.69, 9.17) is 5.11 Å². The van der Waals surface area contributed by atoms with Crippen LogP contribution in [0, 0.1) is 0 Å². The molecular formula is C16H17N3O4. The number of carbonyl (C=O) groups excluding carboxylic acids is 1. The normalized spacial score (nSPS) is 10.3. The molecule has 0 aliphatic heterocycles. The van der Waals surface area contributed by atoms with E-state index < -0.39 is 5.97 Å². The van der Waals surface area contributed by atoms with Gasteiger partial charge in [-0.2, -0.15) is 5.10 Å². The zero-order chi connectivity index (χ0) is 16.8. The van der Waals surface area contributed by atoms with Gasteiger partial charge < -0.3 is 10.4 Å². The number of aromatic carboxylic acids is 1. The minimum absolute atomic E-state index is 0.188. The fourth-order valence-corrected chi connectivity index (χ4v) is 2.02. The van der Waals surface area contributed by atoms with E-state index in [0.717, 1.165) is 5.56 Å². The fourth-order valence-electron chi connectivity index (χ4n) is 2.02. The number of hydrogen-bond donors (Lipinski definition) is 2. The Bertz CT molecular complexity index is 766. The zero-order valence-corrected chi connectivity index (χ0v) is 12.7. The molecule has 23 heavy (non-hydrogen) atoms. The first-order valence-electron chi connectivity index (χ1n) is 7.20. The summed E-state index contributed by atoms with van der Waals surface area (Å²) in [5.41, 5.74) is 1.08. The Morgan fingerprint density at radius 2 is 1.87 bits per heavy atom. The van der Waals surface area contributed by atoms with Crippen LogP contribution in [0.2, 0.25) is 0 Å². The number of aromatic nitrogens is 2. The second kappa shape index (κ2) is 7.35. The van der Waals surface area contributed by atoms with Gasteiger partial charge in [0.2, 0.25) is 0 Å². The molecule has 0 saturated carbocycles. The predicted octanol–water partition coefficient (Wildman–Crippen LogP) is 0.934. The van der Waals surface area contributed by atoms with Crippen LogP contribution >= 0.6 is 0 Å². The van der Waals surface area contributed by atoms with Crippen molar-refractivity contribution in [1.82, 2.24) is 15.1 Å². The molecule has 0 fully saturated rings. The average Bonchev–Trinajstić information content (AvgIpc) is 2.55. The number of amides is 1. The third-order valence-electron chi connectivity index (χ3n) is 3.30. The summed E-state index contributed by atoms with van der Waals surface area (Å²) in [5.74, 6) is -1.32. The Balaban J connectivity index is 1.92. The first-order chi connectivity index (χ1) is 11.0. The second-order valence-electron chi connectivity index (χ2n) is 4.88. The first kappa shape index (κ1) is 16.4. The number of rotatable bonds is 6. The SMILES string of the molecule is CCn1nc(C(=O)NCCc2ccc(C(=O)O)cc2)ccc1=O. The minimum atomic E-state index is -0.970. The molecule has 0 atom stereocenters. The third-order valence-corrected chi connectivity index (χ3v) is 3.30. The zero-order valence-electron chi connectivity index (χ0n) is 12.7. The summed E-state index contributed by atoms with van der Waals surface area (Å²) >= 11 is 0. The number of carbonyl (C=O) groups is 2. The average molecular weight is 315 g/mol. The van der Waals surface area contributed by atoms with E-state index in [0.29, 0.717) is 19.5 Å². The van der Waals surface area contributed by atoms with Crippen molar-refractivity contribution in [2.75, 3.05) is 6.54 Å². The molecule has 2 N–H and O–H groups in total. The summed E-state index contributed by atoms with van der Waals surface area (Å²) in [7, 11) is 0. The van der Waals surface area contributed by atoms with Crippen LogP contribution in [0.15, 0.2) is 41.2 Å². The maximum atomic E-state index is 12.0. The topological polar surface area (TPSA) is 101 Å². The number of nitrogens with one attached hydrogen (secondary N) is 1. The molecular weight excluding hydrogens is 298 g/mol. The molecule has 7 nitrogen and oxygen atoms in total. The van der Waals surface area contributed by atoms with Gasteiger partial charge in [-0.25, -0.2) is 9.48 Å². The molecule has 0 radical (unpaired) electrons. The van der Waals surface area contributed by atoms with Crippen molar-refractivity contribution in [2.24, 2.45) is 0 Å². The van der Waals surface area contributed by atoms with Crippen molar-refractivity contribution < 1.29 is 14.7 Å². The summed E-state index contributed by atoms with van der Waals surface area (Å²) in [6.45, 7) is 2.56. The highest BCUT2D eigenvalue weighted by Crippen LogP contribution is 2.05. The highest BCUT2D eigenvalue weighted by molar-refractivity contribution is 5.92. The van der Waals surface area contributed by atoms with Gasteiger partial charge >= 0.3 is 5.97 Å². The van der Waals surface area contributed by atoms with E-state index in [1.807, 2.05) is 0 Å². The minimum Gasteiger partial charge on any atom is -0.478 e. The highest BCUT2D eigenvalue weighted by atomic mass is 16.4. The monoisotopic (exact) mass is 315 g/mol. The lowest BCUT2D eigenvalue weighted by molar-refractivity contribution is 0.0696. The molecule has 0 bridgehead atoms. The smallest absolute Gasteiger partial charge is 0.335 e. The Kier molecular flexibility index (Phi) is 5.24. The van der Waals surface area contributed by atoms with Crippen molar-refractivity contribution in [1.29, 1.82) is 0 Å². The highest BCUT2D eigenvalue weighted by Gasteiger charge is 2.08. The van der Waals surface area contributed by atoms with E-state index in [-0.39, 0.29) is 22.7 Å². The summed E-state index contributed by atoms with van der Waals surface area (Å²) in [6, 6.07) is 9.19. The molecule has 1 amide bonds. The molecule has 2 aromatic rings. The summed E-state index contributed by atoms with van der Waals surface area (Å²) in [5, 5.41) is 15.5. The maximum absolute atomic E-state index is 12.0. The van der Waals surface area contributed by atoms with Gasteiger partial charge in [0.1, 0.15) is 5.69 Å². The van der Waals surface area contributed by atoms with Gasteiger partial charge in [0.25, 0.3) is 11.5 Å². The molecule has 0 spiro atoms. The third kappa shape index (κ3) is 4.26. The van der Waals surface area contributed by atoms with Crippen LogP contribution in [0.25, 0.3) is 0 Å².